The van der Waals surface area contributed by atoms with Gasteiger partial charge in [-0.3, -0.25) is 4.79 Å². The van der Waals surface area contributed by atoms with Crippen molar-refractivity contribution in [2.75, 3.05) is 11.6 Å². The molecule has 0 saturated heterocycles. The summed E-state index contributed by atoms with van der Waals surface area (Å²) >= 11 is 1.13. The predicted molar refractivity (Wildman–Crippen MR) is 114 cm³/mol. The number of aromatic nitrogens is 3. The minimum Gasteiger partial charge on any atom is -0.421 e. The van der Waals surface area contributed by atoms with Crippen molar-refractivity contribution in [1.29, 1.82) is 0 Å². The van der Waals surface area contributed by atoms with E-state index in [0.717, 1.165) is 29.7 Å². The van der Waals surface area contributed by atoms with Gasteiger partial charge in [0.05, 0.1) is 20.7 Å². The molecule has 8 nitrogen and oxygen atoms in total. The maximum Gasteiger partial charge on any atom is 0.416 e. The van der Waals surface area contributed by atoms with Gasteiger partial charge in [0.25, 0.3) is 0 Å². The van der Waals surface area contributed by atoms with E-state index in [9.17, 15) is 26.4 Å². The van der Waals surface area contributed by atoms with Gasteiger partial charge in [-0.15, -0.1) is 10.2 Å². The Hall–Kier alpha value is -3.32. The fourth-order valence-corrected chi connectivity index (χ4v) is 4.53. The maximum absolute atomic E-state index is 12.9. The van der Waals surface area contributed by atoms with Gasteiger partial charge in [-0.1, -0.05) is 17.4 Å². The molecule has 1 N–H and O–H groups in total. The number of rotatable bonds is 6. The molecule has 2 aromatic carbocycles. The van der Waals surface area contributed by atoms with Crippen LogP contribution in [0.25, 0.3) is 21.7 Å². The second-order valence-corrected chi connectivity index (χ2v) is 10.1. The van der Waals surface area contributed by atoms with Crippen LogP contribution in [0.15, 0.2) is 51.8 Å². The molecule has 0 bridgehead atoms. The monoisotopic (exact) mass is 496 g/mol. The molecular weight excluding hydrogens is 481 g/mol. The Balaban J connectivity index is 1.39. The van der Waals surface area contributed by atoms with Crippen molar-refractivity contribution in [3.8, 4) is 11.5 Å². The number of aryl methyl sites for hydroxylation is 1. The molecule has 2 heterocycles. The lowest BCUT2D eigenvalue weighted by Crippen LogP contribution is -2.12. The maximum atomic E-state index is 12.9. The number of alkyl halides is 3. The second kappa shape index (κ2) is 8.56. The van der Waals surface area contributed by atoms with Gasteiger partial charge in [0.1, 0.15) is 0 Å². The molecule has 33 heavy (non-hydrogen) atoms. The quantitative estimate of drug-likeness (QED) is 0.422. The number of amides is 1. The number of anilines is 1. The van der Waals surface area contributed by atoms with Crippen LogP contribution in [0.1, 0.15) is 17.9 Å². The third kappa shape index (κ3) is 5.37. The van der Waals surface area contributed by atoms with Crippen molar-refractivity contribution >= 4 is 42.4 Å². The first-order valence-electron chi connectivity index (χ1n) is 9.39. The normalized spacial score (nSPS) is 12.2. The van der Waals surface area contributed by atoms with E-state index in [0.29, 0.717) is 15.3 Å². The molecule has 0 atom stereocenters. The van der Waals surface area contributed by atoms with Gasteiger partial charge in [-0.2, -0.15) is 13.2 Å². The first-order valence-corrected chi connectivity index (χ1v) is 12.1. The molecule has 4 aromatic rings. The van der Waals surface area contributed by atoms with Crippen LogP contribution in [-0.4, -0.2) is 35.8 Å². The van der Waals surface area contributed by atoms with E-state index < -0.39 is 27.5 Å². The standard InChI is InChI=1S/C20H15F3N4O4S2/c1-33(29,30)13-5-6-14-15(10-13)32-19(24-14)25-16(28)7-8-17-26-27-18(31-17)11-3-2-4-12(9-11)20(21,22)23/h2-6,9-10H,7-8H2,1H3,(H,24,25,28). The van der Waals surface area contributed by atoms with Gasteiger partial charge in [0, 0.05) is 24.7 Å². The number of nitrogens with zero attached hydrogens (tertiary/aromatic N) is 3. The molecule has 0 aliphatic carbocycles. The number of carbonyl (C=O) groups excluding carboxylic acids is 1. The average Bonchev–Trinajstić information content (AvgIpc) is 3.37. The highest BCUT2D eigenvalue weighted by atomic mass is 32.2. The summed E-state index contributed by atoms with van der Waals surface area (Å²) < 4.78 is 68.0. The summed E-state index contributed by atoms with van der Waals surface area (Å²) in [6.45, 7) is 0. The molecule has 0 fully saturated rings. The number of sulfone groups is 1. The number of halogens is 3. The first kappa shape index (κ1) is 22.9. The zero-order valence-electron chi connectivity index (χ0n) is 16.9. The van der Waals surface area contributed by atoms with Crippen molar-refractivity contribution in [3.05, 3.63) is 53.9 Å². The predicted octanol–water partition coefficient (Wildman–Crippen LogP) is 4.34. The minimum absolute atomic E-state index is 0.0330. The minimum atomic E-state index is -4.50. The fraction of sp³-hybridized carbons (Fsp3) is 0.200. The Kier molecular flexibility index (Phi) is 5.93. The number of hydrogen-bond acceptors (Lipinski definition) is 8. The molecule has 172 valence electrons. The van der Waals surface area contributed by atoms with Gasteiger partial charge in [0.2, 0.25) is 17.7 Å². The van der Waals surface area contributed by atoms with E-state index in [4.69, 9.17) is 4.42 Å². The highest BCUT2D eigenvalue weighted by molar-refractivity contribution is 7.90. The average molecular weight is 496 g/mol. The number of carbonyl (C=O) groups is 1. The topological polar surface area (TPSA) is 115 Å². The van der Waals surface area contributed by atoms with Crippen LogP contribution >= 0.6 is 11.3 Å². The van der Waals surface area contributed by atoms with Crippen LogP contribution in [0, 0.1) is 0 Å². The second-order valence-electron chi connectivity index (χ2n) is 7.05. The molecule has 1 amide bonds. The van der Waals surface area contributed by atoms with Crippen LogP contribution in [0.2, 0.25) is 0 Å². The summed E-state index contributed by atoms with van der Waals surface area (Å²) in [5.41, 5.74) is -0.167. The number of hydrogen-bond donors (Lipinski definition) is 1. The van der Waals surface area contributed by atoms with Gasteiger partial charge >= 0.3 is 6.18 Å². The van der Waals surface area contributed by atoms with Crippen molar-refractivity contribution in [2.45, 2.75) is 23.9 Å². The lowest BCUT2D eigenvalue weighted by atomic mass is 10.1. The number of thiazole rings is 1. The Morgan fingerprint density at radius 1 is 1.15 bits per heavy atom. The molecule has 2 aromatic heterocycles. The SMILES string of the molecule is CS(=O)(=O)c1ccc2nc(NC(=O)CCc3nnc(-c4cccc(C(F)(F)F)c4)o3)sc2c1. The van der Waals surface area contributed by atoms with E-state index in [1.165, 1.54) is 24.3 Å². The lowest BCUT2D eigenvalue weighted by molar-refractivity contribution is -0.137. The third-order valence-corrected chi connectivity index (χ3v) is 6.55. The van der Waals surface area contributed by atoms with Gasteiger partial charge in [-0.05, 0) is 36.4 Å². The Morgan fingerprint density at radius 2 is 1.94 bits per heavy atom. The molecule has 4 rings (SSSR count). The molecule has 0 unspecified atom stereocenters. The zero-order chi connectivity index (χ0) is 23.8. The Bertz CT molecular complexity index is 1450. The van der Waals surface area contributed by atoms with E-state index >= 15 is 0 Å². The Labute approximate surface area is 189 Å². The van der Waals surface area contributed by atoms with Crippen molar-refractivity contribution in [1.82, 2.24) is 15.2 Å². The van der Waals surface area contributed by atoms with E-state index in [1.807, 2.05) is 0 Å². The summed E-state index contributed by atoms with van der Waals surface area (Å²) in [6.07, 6.45) is -3.35. The van der Waals surface area contributed by atoms with E-state index in [-0.39, 0.29) is 35.1 Å². The van der Waals surface area contributed by atoms with Crippen LogP contribution in [-0.2, 0) is 27.2 Å². The summed E-state index contributed by atoms with van der Waals surface area (Å²) in [5.74, 6) is -0.375. The van der Waals surface area contributed by atoms with Gasteiger partial charge < -0.3 is 9.73 Å². The number of nitrogens with one attached hydrogen (secondary N) is 1. The van der Waals surface area contributed by atoms with E-state index in [1.54, 1.807) is 6.07 Å². The molecule has 0 saturated carbocycles. The molecule has 13 heteroatoms. The summed E-state index contributed by atoms with van der Waals surface area (Å²) in [7, 11) is -3.36. The van der Waals surface area contributed by atoms with E-state index in [2.05, 4.69) is 20.5 Å². The molecule has 0 radical (unpaired) electrons. The van der Waals surface area contributed by atoms with Crippen LogP contribution in [0.3, 0.4) is 0 Å². The smallest absolute Gasteiger partial charge is 0.416 e. The lowest BCUT2D eigenvalue weighted by Gasteiger charge is -2.06. The van der Waals surface area contributed by atoms with Gasteiger partial charge in [0.15, 0.2) is 15.0 Å². The molecule has 0 aliphatic rings. The molecule has 0 spiro atoms. The Morgan fingerprint density at radius 3 is 2.67 bits per heavy atom. The van der Waals surface area contributed by atoms with Crippen molar-refractivity contribution in [3.63, 3.8) is 0 Å². The summed E-state index contributed by atoms with van der Waals surface area (Å²) in [4.78, 5) is 16.7. The van der Waals surface area contributed by atoms with Gasteiger partial charge in [-0.25, -0.2) is 13.4 Å². The summed E-state index contributed by atoms with van der Waals surface area (Å²) in [5, 5.41) is 10.5. The van der Waals surface area contributed by atoms with Crippen molar-refractivity contribution < 1.29 is 30.8 Å². The highest BCUT2D eigenvalue weighted by Crippen LogP contribution is 2.32. The van der Waals surface area contributed by atoms with Crippen LogP contribution < -0.4 is 5.32 Å². The number of benzene rings is 2. The number of fused-ring (bicyclic) bond motifs is 1. The van der Waals surface area contributed by atoms with Crippen LogP contribution in [0.4, 0.5) is 18.3 Å². The fourth-order valence-electron chi connectivity index (χ4n) is 2.89. The zero-order valence-corrected chi connectivity index (χ0v) is 18.5. The van der Waals surface area contributed by atoms with Crippen molar-refractivity contribution in [2.24, 2.45) is 0 Å². The first-order chi connectivity index (χ1) is 15.5. The van der Waals surface area contributed by atoms with Crippen LogP contribution in [0.5, 0.6) is 0 Å². The molecule has 0 aliphatic heterocycles. The summed E-state index contributed by atoms with van der Waals surface area (Å²) in [6, 6.07) is 9.01. The largest absolute Gasteiger partial charge is 0.421 e. The highest BCUT2D eigenvalue weighted by Gasteiger charge is 2.30. The molecular formula is C20H15F3N4O4S2. The third-order valence-electron chi connectivity index (χ3n) is 4.50.